The Morgan fingerprint density at radius 2 is 1.38 bits per heavy atom. The van der Waals surface area contributed by atoms with Gasteiger partial charge in [0.15, 0.2) is 0 Å². The van der Waals surface area contributed by atoms with Gasteiger partial charge in [0.05, 0.1) is 0 Å². The molecular formula is C15H33P. The van der Waals surface area contributed by atoms with Crippen molar-refractivity contribution in [3.8, 4) is 0 Å². The van der Waals surface area contributed by atoms with E-state index < -0.39 is 0 Å². The lowest BCUT2D eigenvalue weighted by atomic mass is 9.79. The van der Waals surface area contributed by atoms with Crippen molar-refractivity contribution >= 4 is 9.24 Å². The van der Waals surface area contributed by atoms with Gasteiger partial charge in [0, 0.05) is 0 Å². The van der Waals surface area contributed by atoms with Crippen molar-refractivity contribution in [2.75, 3.05) is 0 Å². The molecule has 0 aromatic rings. The van der Waals surface area contributed by atoms with Crippen molar-refractivity contribution < 1.29 is 0 Å². The smallest absolute Gasteiger partial charge is 0.0122 e. The minimum atomic E-state index is 0.538. The first-order valence-electron chi connectivity index (χ1n) is 7.43. The number of unbranched alkanes of at least 4 members (excludes halogenated alkanes) is 2. The zero-order chi connectivity index (χ0) is 12.4. The van der Waals surface area contributed by atoms with E-state index in [4.69, 9.17) is 0 Å². The molecule has 0 aliphatic heterocycles. The van der Waals surface area contributed by atoms with E-state index in [1.807, 2.05) is 0 Å². The predicted octanol–water partition coefficient (Wildman–Crippen LogP) is 5.81. The average Bonchev–Trinajstić information content (AvgIpc) is 2.30. The molecule has 0 radical (unpaired) electrons. The summed E-state index contributed by atoms with van der Waals surface area (Å²) in [7, 11) is 3.25. The molecule has 0 aromatic carbocycles. The Kier molecular flexibility index (Phi) is 9.71. The summed E-state index contributed by atoms with van der Waals surface area (Å²) in [5, 5.41) is 0.538. The van der Waals surface area contributed by atoms with E-state index in [-0.39, 0.29) is 0 Å². The zero-order valence-electron chi connectivity index (χ0n) is 12.0. The largest absolute Gasteiger partial charge is 0.131 e. The zero-order valence-corrected chi connectivity index (χ0v) is 13.2. The molecule has 0 saturated carbocycles. The van der Waals surface area contributed by atoms with Gasteiger partial charge in [0.2, 0.25) is 0 Å². The van der Waals surface area contributed by atoms with Gasteiger partial charge in [-0.2, -0.15) is 0 Å². The third-order valence-electron chi connectivity index (χ3n) is 3.93. The lowest BCUT2D eigenvalue weighted by Gasteiger charge is -2.38. The molecule has 98 valence electrons. The molecule has 0 aromatic heterocycles. The molecule has 0 nitrogen and oxygen atoms in total. The minimum absolute atomic E-state index is 0.538. The molecule has 0 rings (SSSR count). The van der Waals surface area contributed by atoms with Crippen LogP contribution in [0, 0.1) is 5.92 Å². The van der Waals surface area contributed by atoms with Gasteiger partial charge in [0.25, 0.3) is 0 Å². The summed E-state index contributed by atoms with van der Waals surface area (Å²) in [4.78, 5) is 0. The summed E-state index contributed by atoms with van der Waals surface area (Å²) < 4.78 is 0. The maximum Gasteiger partial charge on any atom is -0.0122 e. The molecule has 2 unspecified atom stereocenters. The Balaban J connectivity index is 4.44. The normalized spacial score (nSPS) is 14.1. The highest BCUT2D eigenvalue weighted by Gasteiger charge is 2.31. The first-order valence-corrected chi connectivity index (χ1v) is 8.01. The second-order valence-corrected chi connectivity index (χ2v) is 6.48. The number of hydrogen-bond donors (Lipinski definition) is 0. The van der Waals surface area contributed by atoms with Crippen LogP contribution in [0.3, 0.4) is 0 Å². The lowest BCUT2D eigenvalue weighted by molar-refractivity contribution is 0.294. The van der Waals surface area contributed by atoms with Crippen LogP contribution in [0.2, 0.25) is 0 Å². The maximum atomic E-state index is 3.25. The van der Waals surface area contributed by atoms with Gasteiger partial charge in [-0.05, 0) is 30.3 Å². The van der Waals surface area contributed by atoms with Crippen molar-refractivity contribution in [3.63, 3.8) is 0 Å². The molecule has 0 heterocycles. The summed E-state index contributed by atoms with van der Waals surface area (Å²) in [5.41, 5.74) is 0. The van der Waals surface area contributed by atoms with E-state index in [0.717, 1.165) is 5.92 Å². The number of hydrogen-bond acceptors (Lipinski definition) is 0. The van der Waals surface area contributed by atoms with Crippen LogP contribution in [0.15, 0.2) is 0 Å². The van der Waals surface area contributed by atoms with E-state index >= 15 is 0 Å². The molecule has 0 aliphatic rings. The monoisotopic (exact) mass is 244 g/mol. The molecule has 0 fully saturated rings. The van der Waals surface area contributed by atoms with Gasteiger partial charge < -0.3 is 0 Å². The van der Waals surface area contributed by atoms with E-state index in [1.54, 1.807) is 0 Å². The van der Waals surface area contributed by atoms with Crippen LogP contribution in [-0.2, 0) is 0 Å². The molecule has 0 saturated heterocycles. The van der Waals surface area contributed by atoms with Crippen molar-refractivity contribution in [2.45, 2.75) is 90.6 Å². The van der Waals surface area contributed by atoms with Crippen molar-refractivity contribution in [3.05, 3.63) is 0 Å². The quantitative estimate of drug-likeness (QED) is 0.426. The predicted molar refractivity (Wildman–Crippen MR) is 80.2 cm³/mol. The third kappa shape index (κ3) is 5.67. The van der Waals surface area contributed by atoms with Crippen molar-refractivity contribution in [2.24, 2.45) is 5.92 Å². The Morgan fingerprint density at radius 1 is 0.875 bits per heavy atom. The van der Waals surface area contributed by atoms with Gasteiger partial charge in [-0.3, -0.25) is 0 Å². The van der Waals surface area contributed by atoms with Crippen LogP contribution in [0.4, 0.5) is 0 Å². The summed E-state index contributed by atoms with van der Waals surface area (Å²) >= 11 is 0. The number of rotatable bonds is 10. The van der Waals surface area contributed by atoms with Crippen LogP contribution >= 0.6 is 9.24 Å². The lowest BCUT2D eigenvalue weighted by Crippen LogP contribution is -2.31. The van der Waals surface area contributed by atoms with E-state index in [0.29, 0.717) is 5.16 Å². The maximum absolute atomic E-state index is 3.25. The first kappa shape index (κ1) is 16.4. The van der Waals surface area contributed by atoms with Crippen LogP contribution in [0.5, 0.6) is 0 Å². The highest BCUT2D eigenvalue weighted by atomic mass is 31.0. The Hall–Kier alpha value is 0.430. The Morgan fingerprint density at radius 3 is 1.69 bits per heavy atom. The van der Waals surface area contributed by atoms with Crippen molar-refractivity contribution in [1.82, 2.24) is 0 Å². The SMILES string of the molecule is CCCCC(P)(CCCC)C(CC)CCC. The fraction of sp³-hybridized carbons (Fsp3) is 1.00. The highest BCUT2D eigenvalue weighted by Crippen LogP contribution is 2.42. The Labute approximate surface area is 106 Å². The van der Waals surface area contributed by atoms with E-state index in [2.05, 4.69) is 36.9 Å². The summed E-state index contributed by atoms with van der Waals surface area (Å²) in [5.74, 6) is 0.917. The van der Waals surface area contributed by atoms with E-state index in [9.17, 15) is 0 Å². The molecule has 2 atom stereocenters. The molecule has 0 N–H and O–H groups in total. The van der Waals surface area contributed by atoms with Gasteiger partial charge in [-0.25, -0.2) is 0 Å². The Bertz CT molecular complexity index is 146. The second kappa shape index (κ2) is 9.46. The van der Waals surface area contributed by atoms with Crippen LogP contribution in [0.25, 0.3) is 0 Å². The van der Waals surface area contributed by atoms with Gasteiger partial charge in [0.1, 0.15) is 0 Å². The third-order valence-corrected chi connectivity index (χ3v) is 4.98. The summed E-state index contributed by atoms with van der Waals surface area (Å²) in [6, 6.07) is 0. The van der Waals surface area contributed by atoms with Crippen LogP contribution in [0.1, 0.15) is 85.5 Å². The molecule has 0 aliphatic carbocycles. The van der Waals surface area contributed by atoms with E-state index in [1.165, 1.54) is 57.8 Å². The fourth-order valence-electron chi connectivity index (χ4n) is 2.79. The van der Waals surface area contributed by atoms with Gasteiger partial charge in [-0.15, -0.1) is 9.24 Å². The molecule has 0 spiro atoms. The van der Waals surface area contributed by atoms with Crippen LogP contribution in [-0.4, -0.2) is 5.16 Å². The standard InChI is InChI=1S/C15H33P/c1-5-9-12-15(16,13-10-6-2)14(8-4)11-7-3/h14H,5-13,16H2,1-4H3. The first-order chi connectivity index (χ1) is 7.64. The van der Waals surface area contributed by atoms with Gasteiger partial charge in [-0.1, -0.05) is 66.2 Å². The summed E-state index contributed by atoms with van der Waals surface area (Å²) in [6.07, 6.45) is 12.4. The molecule has 0 bridgehead atoms. The van der Waals surface area contributed by atoms with Gasteiger partial charge >= 0.3 is 0 Å². The summed E-state index contributed by atoms with van der Waals surface area (Å²) in [6.45, 7) is 9.32. The topological polar surface area (TPSA) is 0 Å². The molecule has 0 amide bonds. The molecular weight excluding hydrogens is 211 g/mol. The highest BCUT2D eigenvalue weighted by molar-refractivity contribution is 7.19. The second-order valence-electron chi connectivity index (χ2n) is 5.33. The minimum Gasteiger partial charge on any atom is -0.131 e. The molecule has 16 heavy (non-hydrogen) atoms. The van der Waals surface area contributed by atoms with Crippen molar-refractivity contribution in [1.29, 1.82) is 0 Å². The fourth-order valence-corrected chi connectivity index (χ4v) is 3.60. The average molecular weight is 244 g/mol. The van der Waals surface area contributed by atoms with Crippen LogP contribution < -0.4 is 0 Å². The molecule has 1 heteroatoms.